The van der Waals surface area contributed by atoms with E-state index < -0.39 is 0 Å². The molecule has 2 heterocycles. The monoisotopic (exact) mass is 366 g/mol. The van der Waals surface area contributed by atoms with Crippen LogP contribution in [0.3, 0.4) is 0 Å². The third-order valence-corrected chi connectivity index (χ3v) is 5.29. The van der Waals surface area contributed by atoms with Crippen LogP contribution in [0, 0.1) is 0 Å². The lowest BCUT2D eigenvalue weighted by atomic mass is 10.0. The van der Waals surface area contributed by atoms with Gasteiger partial charge in [0.25, 0.3) is 0 Å². The SMILES string of the molecule is CCN(C(=O)Cc1cc(Cl)c2c(c1)OCCCO2)C1CCN(C)CC1. The lowest BCUT2D eigenvalue weighted by molar-refractivity contribution is -0.133. The van der Waals surface area contributed by atoms with Gasteiger partial charge in [0, 0.05) is 19.0 Å². The van der Waals surface area contributed by atoms with Gasteiger partial charge in [-0.1, -0.05) is 11.6 Å². The molecular weight excluding hydrogens is 340 g/mol. The van der Waals surface area contributed by atoms with Gasteiger partial charge in [-0.05, 0) is 57.6 Å². The highest BCUT2D eigenvalue weighted by Crippen LogP contribution is 2.38. The number of benzene rings is 1. The summed E-state index contributed by atoms with van der Waals surface area (Å²) < 4.78 is 11.4. The first kappa shape index (κ1) is 18.3. The minimum absolute atomic E-state index is 0.155. The van der Waals surface area contributed by atoms with E-state index in [0.29, 0.717) is 42.2 Å². The Kier molecular flexibility index (Phi) is 6.07. The third kappa shape index (κ3) is 4.39. The molecule has 1 saturated heterocycles. The van der Waals surface area contributed by atoms with Crippen molar-refractivity contribution >= 4 is 17.5 Å². The molecule has 138 valence electrons. The van der Waals surface area contributed by atoms with E-state index in [-0.39, 0.29) is 5.91 Å². The first-order chi connectivity index (χ1) is 12.1. The van der Waals surface area contributed by atoms with Crippen LogP contribution >= 0.6 is 11.6 Å². The summed E-state index contributed by atoms with van der Waals surface area (Å²) in [6, 6.07) is 4.06. The zero-order chi connectivity index (χ0) is 17.8. The van der Waals surface area contributed by atoms with Crippen molar-refractivity contribution in [3.05, 3.63) is 22.7 Å². The molecule has 5 nitrogen and oxygen atoms in total. The molecule has 1 aromatic rings. The van der Waals surface area contributed by atoms with Gasteiger partial charge in [0.1, 0.15) is 0 Å². The van der Waals surface area contributed by atoms with Crippen LogP contribution in [0.4, 0.5) is 0 Å². The van der Waals surface area contributed by atoms with Crippen LogP contribution in [0.1, 0.15) is 31.7 Å². The number of carbonyl (C=O) groups excluding carboxylic acids is 1. The van der Waals surface area contributed by atoms with Gasteiger partial charge in [-0.2, -0.15) is 0 Å². The van der Waals surface area contributed by atoms with E-state index >= 15 is 0 Å². The fourth-order valence-electron chi connectivity index (χ4n) is 3.61. The van der Waals surface area contributed by atoms with Crippen molar-refractivity contribution in [2.45, 2.75) is 38.6 Å². The van der Waals surface area contributed by atoms with Crippen molar-refractivity contribution in [1.29, 1.82) is 0 Å². The van der Waals surface area contributed by atoms with Crippen LogP contribution in [0.5, 0.6) is 11.5 Å². The molecular formula is C19H27ClN2O3. The Bertz CT molecular complexity index is 615. The summed E-state index contributed by atoms with van der Waals surface area (Å²) in [6.45, 7) is 6.10. The molecule has 0 aromatic heterocycles. The highest BCUT2D eigenvalue weighted by Gasteiger charge is 2.26. The molecule has 1 amide bonds. The van der Waals surface area contributed by atoms with Gasteiger partial charge < -0.3 is 19.3 Å². The number of carbonyl (C=O) groups is 1. The van der Waals surface area contributed by atoms with Gasteiger partial charge in [-0.3, -0.25) is 4.79 Å². The topological polar surface area (TPSA) is 42.0 Å². The summed E-state index contributed by atoms with van der Waals surface area (Å²) in [7, 11) is 2.13. The number of piperidine rings is 1. The number of hydrogen-bond acceptors (Lipinski definition) is 4. The van der Waals surface area contributed by atoms with Crippen molar-refractivity contribution < 1.29 is 14.3 Å². The zero-order valence-corrected chi connectivity index (χ0v) is 15.8. The Morgan fingerprint density at radius 3 is 2.72 bits per heavy atom. The van der Waals surface area contributed by atoms with Crippen LogP contribution in [0.2, 0.25) is 5.02 Å². The zero-order valence-electron chi connectivity index (χ0n) is 15.1. The van der Waals surface area contributed by atoms with Gasteiger partial charge >= 0.3 is 0 Å². The van der Waals surface area contributed by atoms with E-state index in [1.807, 2.05) is 17.0 Å². The maximum atomic E-state index is 12.9. The molecule has 0 N–H and O–H groups in total. The highest BCUT2D eigenvalue weighted by molar-refractivity contribution is 6.32. The number of nitrogens with zero attached hydrogens (tertiary/aromatic N) is 2. The van der Waals surface area contributed by atoms with E-state index in [0.717, 1.165) is 44.5 Å². The van der Waals surface area contributed by atoms with Gasteiger partial charge in [0.05, 0.1) is 24.7 Å². The second-order valence-electron chi connectivity index (χ2n) is 6.85. The maximum absolute atomic E-state index is 12.9. The second-order valence-corrected chi connectivity index (χ2v) is 7.25. The molecule has 0 radical (unpaired) electrons. The van der Waals surface area contributed by atoms with Crippen LogP contribution in [0.15, 0.2) is 12.1 Å². The number of amides is 1. The largest absolute Gasteiger partial charge is 0.489 e. The normalized spacial score (nSPS) is 18.7. The van der Waals surface area contributed by atoms with E-state index in [1.165, 1.54) is 0 Å². The molecule has 0 unspecified atom stereocenters. The Labute approximate surface area is 154 Å². The van der Waals surface area contributed by atoms with Crippen LogP contribution in [-0.2, 0) is 11.2 Å². The van der Waals surface area contributed by atoms with E-state index in [4.69, 9.17) is 21.1 Å². The minimum atomic E-state index is 0.155. The van der Waals surface area contributed by atoms with E-state index in [2.05, 4.69) is 18.9 Å². The predicted octanol–water partition coefficient (Wildman–Crippen LogP) is 2.99. The standard InChI is InChI=1S/C19H27ClN2O3/c1-3-22(15-5-7-21(2)8-6-15)18(23)13-14-11-16(20)19-17(12-14)24-9-4-10-25-19/h11-12,15H,3-10,13H2,1-2H3. The van der Waals surface area contributed by atoms with Crippen LogP contribution in [-0.4, -0.2) is 61.6 Å². The molecule has 6 heteroatoms. The number of halogens is 1. The fourth-order valence-corrected chi connectivity index (χ4v) is 3.90. The third-order valence-electron chi connectivity index (χ3n) is 5.01. The Morgan fingerprint density at radius 1 is 1.28 bits per heavy atom. The number of rotatable bonds is 4. The van der Waals surface area contributed by atoms with E-state index in [1.54, 1.807) is 0 Å². The van der Waals surface area contributed by atoms with Gasteiger partial charge in [0.2, 0.25) is 5.91 Å². The van der Waals surface area contributed by atoms with Crippen molar-refractivity contribution in [1.82, 2.24) is 9.80 Å². The first-order valence-corrected chi connectivity index (χ1v) is 9.52. The number of fused-ring (bicyclic) bond motifs is 1. The summed E-state index contributed by atoms with van der Waals surface area (Å²) in [5.74, 6) is 1.40. The lowest BCUT2D eigenvalue weighted by Crippen LogP contribution is -2.46. The molecule has 0 spiro atoms. The smallest absolute Gasteiger partial charge is 0.227 e. The predicted molar refractivity (Wildman–Crippen MR) is 98.7 cm³/mol. The van der Waals surface area contributed by atoms with Gasteiger partial charge in [0.15, 0.2) is 11.5 Å². The molecule has 0 aliphatic carbocycles. The summed E-state index contributed by atoms with van der Waals surface area (Å²) in [5, 5.41) is 0.518. The number of likely N-dealkylation sites (N-methyl/N-ethyl adjacent to an activating group) is 1. The number of hydrogen-bond donors (Lipinski definition) is 0. The summed E-state index contributed by atoms with van der Waals surface area (Å²) in [4.78, 5) is 17.2. The molecule has 3 rings (SSSR count). The van der Waals surface area contributed by atoms with Crippen molar-refractivity contribution in [3.63, 3.8) is 0 Å². The summed E-state index contributed by atoms with van der Waals surface area (Å²) >= 11 is 6.35. The molecule has 25 heavy (non-hydrogen) atoms. The molecule has 2 aliphatic heterocycles. The average Bonchev–Trinajstić information content (AvgIpc) is 2.83. The van der Waals surface area contributed by atoms with Crippen LogP contribution < -0.4 is 9.47 Å². The van der Waals surface area contributed by atoms with E-state index in [9.17, 15) is 4.79 Å². The fraction of sp³-hybridized carbons (Fsp3) is 0.632. The first-order valence-electron chi connectivity index (χ1n) is 9.14. The summed E-state index contributed by atoms with van der Waals surface area (Å²) in [5.41, 5.74) is 0.880. The van der Waals surface area contributed by atoms with Gasteiger partial charge in [-0.15, -0.1) is 0 Å². The minimum Gasteiger partial charge on any atom is -0.489 e. The van der Waals surface area contributed by atoms with Gasteiger partial charge in [-0.25, -0.2) is 0 Å². The second kappa shape index (κ2) is 8.28. The Hall–Kier alpha value is -1.46. The lowest BCUT2D eigenvalue weighted by Gasteiger charge is -2.37. The maximum Gasteiger partial charge on any atom is 0.227 e. The van der Waals surface area contributed by atoms with Crippen molar-refractivity contribution in [2.75, 3.05) is 39.9 Å². The molecule has 2 aliphatic rings. The Morgan fingerprint density at radius 2 is 2.00 bits per heavy atom. The quantitative estimate of drug-likeness (QED) is 0.821. The average molecular weight is 367 g/mol. The van der Waals surface area contributed by atoms with Crippen molar-refractivity contribution in [3.8, 4) is 11.5 Å². The van der Waals surface area contributed by atoms with Crippen LogP contribution in [0.25, 0.3) is 0 Å². The number of ether oxygens (including phenoxy) is 2. The molecule has 0 saturated carbocycles. The highest BCUT2D eigenvalue weighted by atomic mass is 35.5. The molecule has 0 bridgehead atoms. The molecule has 0 atom stereocenters. The number of likely N-dealkylation sites (tertiary alicyclic amines) is 1. The molecule has 1 aromatic carbocycles. The molecule has 1 fully saturated rings. The Balaban J connectivity index is 1.71. The van der Waals surface area contributed by atoms with Crippen molar-refractivity contribution in [2.24, 2.45) is 0 Å². The summed E-state index contributed by atoms with van der Waals surface area (Å²) in [6.07, 6.45) is 3.26.